The van der Waals surface area contributed by atoms with E-state index in [-0.39, 0.29) is 13.4 Å². The number of benzene rings is 1. The number of alkyl halides is 2. The van der Waals surface area contributed by atoms with Gasteiger partial charge in [-0.2, -0.15) is 8.78 Å². The molecule has 0 saturated heterocycles. The number of methoxy groups -OCH3 is 1. The lowest BCUT2D eigenvalue weighted by molar-refractivity contribution is 0.114. The van der Waals surface area contributed by atoms with E-state index in [0.29, 0.717) is 6.92 Å². The minimum atomic E-state index is -3.03. The molecular formula is C14H8BF8O. The molecule has 0 spiro atoms. The first-order valence-electron chi connectivity index (χ1n) is 6.39. The van der Waals surface area contributed by atoms with Crippen LogP contribution < -0.4 is 10.2 Å². The second-order valence-corrected chi connectivity index (χ2v) is 5.11. The third-order valence-corrected chi connectivity index (χ3v) is 3.39. The number of halogens is 8. The van der Waals surface area contributed by atoms with Crippen molar-refractivity contribution in [3.05, 3.63) is 46.5 Å². The molecule has 1 aromatic rings. The van der Waals surface area contributed by atoms with E-state index >= 15 is 0 Å². The average Bonchev–Trinajstić information content (AvgIpc) is 2.50. The van der Waals surface area contributed by atoms with Crippen LogP contribution in [0.3, 0.4) is 0 Å². The van der Waals surface area contributed by atoms with Gasteiger partial charge in [0.2, 0.25) is 18.9 Å². The van der Waals surface area contributed by atoms with Crippen molar-refractivity contribution >= 4 is 12.7 Å². The van der Waals surface area contributed by atoms with E-state index in [4.69, 9.17) is 0 Å². The van der Waals surface area contributed by atoms with Gasteiger partial charge in [-0.25, -0.2) is 26.3 Å². The standard InChI is InChI=1S/C14H8BF8O/c1-14(23)3-4(16)5(9(19)13(14)22)15-6-7(17)10(20)12(24-2)11(21)8(6)18/h3,13H,1-2H3. The predicted molar refractivity (Wildman–Crippen MR) is 69.9 cm³/mol. The Morgan fingerprint density at radius 2 is 1.50 bits per heavy atom. The summed E-state index contributed by atoms with van der Waals surface area (Å²) in [4.78, 5) is 0. The summed E-state index contributed by atoms with van der Waals surface area (Å²) in [6.45, 7) is 0.543. The second kappa shape index (κ2) is 6.14. The van der Waals surface area contributed by atoms with E-state index in [0.717, 1.165) is 7.11 Å². The topological polar surface area (TPSA) is 9.23 Å². The Balaban J connectivity index is 2.57. The molecule has 2 unspecified atom stereocenters. The fraction of sp³-hybridized carbons (Fsp3) is 0.286. The van der Waals surface area contributed by atoms with Crippen LogP contribution in [0.15, 0.2) is 23.2 Å². The molecule has 1 aliphatic rings. The van der Waals surface area contributed by atoms with E-state index in [1.807, 2.05) is 0 Å². The Hall–Kier alpha value is -2.00. The van der Waals surface area contributed by atoms with Crippen LogP contribution in [0.4, 0.5) is 35.1 Å². The maximum absolute atomic E-state index is 13.8. The highest BCUT2D eigenvalue weighted by atomic mass is 19.2. The number of ether oxygens (including phenoxy) is 1. The first-order valence-corrected chi connectivity index (χ1v) is 6.39. The molecule has 0 bridgehead atoms. The molecule has 10 heteroatoms. The molecule has 0 amide bonds. The molecule has 0 aliphatic heterocycles. The Bertz CT molecular complexity index is 727. The van der Waals surface area contributed by atoms with Gasteiger partial charge in [0, 0.05) is 0 Å². The third kappa shape index (κ3) is 2.78. The molecule has 0 saturated carbocycles. The first kappa shape index (κ1) is 18.3. The minimum Gasteiger partial charge on any atom is -0.491 e. The number of allylic oxidation sites excluding steroid dienone is 4. The molecule has 1 radical (unpaired) electrons. The second-order valence-electron chi connectivity index (χ2n) is 5.11. The van der Waals surface area contributed by atoms with E-state index in [2.05, 4.69) is 4.74 Å². The van der Waals surface area contributed by atoms with Crippen LogP contribution in [0.2, 0.25) is 0 Å². The molecule has 2 atom stereocenters. The Labute approximate surface area is 131 Å². The summed E-state index contributed by atoms with van der Waals surface area (Å²) >= 11 is 0. The van der Waals surface area contributed by atoms with Crippen LogP contribution in [0, 0.1) is 23.3 Å². The summed E-state index contributed by atoms with van der Waals surface area (Å²) in [6, 6.07) is 0. The van der Waals surface area contributed by atoms with Gasteiger partial charge in [-0.15, -0.1) is 0 Å². The highest BCUT2D eigenvalue weighted by Gasteiger charge is 2.43. The Morgan fingerprint density at radius 3 is 1.96 bits per heavy atom. The summed E-state index contributed by atoms with van der Waals surface area (Å²) in [5.74, 6) is -13.0. The van der Waals surface area contributed by atoms with Crippen molar-refractivity contribution in [2.24, 2.45) is 0 Å². The smallest absolute Gasteiger partial charge is 0.207 e. The Morgan fingerprint density at radius 1 is 1.00 bits per heavy atom. The van der Waals surface area contributed by atoms with Gasteiger partial charge in [0.05, 0.1) is 7.11 Å². The first-order chi connectivity index (χ1) is 11.0. The van der Waals surface area contributed by atoms with Crippen LogP contribution in [0.5, 0.6) is 5.75 Å². The predicted octanol–water partition coefficient (Wildman–Crippen LogP) is 3.70. The maximum atomic E-state index is 13.8. The lowest BCUT2D eigenvalue weighted by Gasteiger charge is -2.26. The molecule has 0 N–H and O–H groups in total. The van der Waals surface area contributed by atoms with Gasteiger partial charge < -0.3 is 4.74 Å². The summed E-state index contributed by atoms with van der Waals surface area (Å²) in [5.41, 5.74) is -5.90. The monoisotopic (exact) mass is 355 g/mol. The van der Waals surface area contributed by atoms with Gasteiger partial charge in [-0.3, -0.25) is 0 Å². The minimum absolute atomic E-state index is 0.0131. The molecule has 1 nitrogen and oxygen atoms in total. The molecule has 24 heavy (non-hydrogen) atoms. The van der Waals surface area contributed by atoms with E-state index in [1.165, 1.54) is 0 Å². The van der Waals surface area contributed by atoms with E-state index in [1.54, 1.807) is 0 Å². The largest absolute Gasteiger partial charge is 0.491 e. The lowest BCUT2D eigenvalue weighted by atomic mass is 9.60. The van der Waals surface area contributed by atoms with E-state index in [9.17, 15) is 35.1 Å². The summed E-state index contributed by atoms with van der Waals surface area (Å²) in [7, 11) is 0.754. The number of rotatable bonds is 3. The van der Waals surface area contributed by atoms with Crippen molar-refractivity contribution in [2.75, 3.05) is 7.11 Å². The SMILES string of the molecule is COc1c(F)c(F)c([B]C2=C(F)C(F)C(C)(F)C=C2F)c(F)c1F. The highest BCUT2D eigenvalue weighted by molar-refractivity contribution is 6.62. The lowest BCUT2D eigenvalue weighted by Crippen LogP contribution is -2.37. The van der Waals surface area contributed by atoms with Crippen LogP contribution >= 0.6 is 0 Å². The van der Waals surface area contributed by atoms with Crippen molar-refractivity contribution in [2.45, 2.75) is 18.8 Å². The Kier molecular flexibility index (Phi) is 4.69. The fourth-order valence-corrected chi connectivity index (χ4v) is 2.11. The molecule has 0 fully saturated rings. The highest BCUT2D eigenvalue weighted by Crippen LogP contribution is 2.37. The summed E-state index contributed by atoms with van der Waals surface area (Å²) in [5, 5.41) is 0. The van der Waals surface area contributed by atoms with Crippen molar-refractivity contribution in [1.82, 2.24) is 0 Å². The quantitative estimate of drug-likeness (QED) is 0.457. The zero-order valence-electron chi connectivity index (χ0n) is 12.2. The molecule has 2 rings (SSSR count). The van der Waals surface area contributed by atoms with Crippen molar-refractivity contribution < 1.29 is 39.9 Å². The normalized spacial score (nSPS) is 24.1. The van der Waals surface area contributed by atoms with Crippen molar-refractivity contribution in [3.8, 4) is 5.75 Å². The number of hydrogen-bond donors (Lipinski definition) is 0. The van der Waals surface area contributed by atoms with Crippen LogP contribution in [-0.4, -0.2) is 26.2 Å². The van der Waals surface area contributed by atoms with Gasteiger partial charge in [0.1, 0.15) is 11.7 Å². The molecule has 1 aliphatic carbocycles. The van der Waals surface area contributed by atoms with Gasteiger partial charge in [0.25, 0.3) is 0 Å². The van der Waals surface area contributed by atoms with Gasteiger partial charge in [-0.1, -0.05) is 0 Å². The maximum Gasteiger partial charge on any atom is 0.207 e. The molecular weight excluding hydrogens is 347 g/mol. The summed E-state index contributed by atoms with van der Waals surface area (Å²) in [6.07, 6.45) is -2.90. The average molecular weight is 355 g/mol. The van der Waals surface area contributed by atoms with Crippen molar-refractivity contribution in [1.29, 1.82) is 0 Å². The van der Waals surface area contributed by atoms with Gasteiger partial charge in [0.15, 0.2) is 29.2 Å². The zero-order chi connectivity index (χ0) is 18.4. The van der Waals surface area contributed by atoms with Gasteiger partial charge >= 0.3 is 0 Å². The third-order valence-electron chi connectivity index (χ3n) is 3.39. The zero-order valence-corrected chi connectivity index (χ0v) is 12.2. The van der Waals surface area contributed by atoms with Crippen LogP contribution in [0.25, 0.3) is 0 Å². The van der Waals surface area contributed by atoms with Crippen LogP contribution in [0.1, 0.15) is 6.92 Å². The van der Waals surface area contributed by atoms with Gasteiger partial charge in [-0.05, 0) is 23.9 Å². The molecule has 0 heterocycles. The van der Waals surface area contributed by atoms with Crippen LogP contribution in [-0.2, 0) is 0 Å². The molecule has 0 aromatic heterocycles. The molecule has 1 aromatic carbocycles. The summed E-state index contributed by atoms with van der Waals surface area (Å²) < 4.78 is 114. The van der Waals surface area contributed by atoms with E-state index < -0.39 is 63.4 Å². The number of hydrogen-bond acceptors (Lipinski definition) is 1. The van der Waals surface area contributed by atoms with Crippen molar-refractivity contribution in [3.63, 3.8) is 0 Å². The fourth-order valence-electron chi connectivity index (χ4n) is 2.11. The molecule has 129 valence electrons.